The average Bonchev–Trinajstić information content (AvgIpc) is 2.31. The maximum absolute atomic E-state index is 11.7. The van der Waals surface area contributed by atoms with E-state index in [2.05, 4.69) is 5.32 Å². The number of nitrogen functional groups attached to an aromatic ring is 1. The Hall–Kier alpha value is -1.20. The molecule has 1 atom stereocenters. The Balaban J connectivity index is 2.44. The van der Waals surface area contributed by atoms with Gasteiger partial charge in [0.25, 0.3) is 0 Å². The molecule has 4 nitrogen and oxygen atoms in total. The van der Waals surface area contributed by atoms with Crippen LogP contribution in [0, 0.1) is 6.92 Å². The second-order valence-electron chi connectivity index (χ2n) is 4.26. The van der Waals surface area contributed by atoms with Crippen LogP contribution in [0.3, 0.4) is 0 Å². The number of carbonyl (C=O) groups excluding carboxylic acids is 1. The van der Waals surface area contributed by atoms with Crippen LogP contribution in [0.5, 0.6) is 0 Å². The molecule has 1 amide bonds. The highest BCUT2D eigenvalue weighted by atomic mass is 32.2. The van der Waals surface area contributed by atoms with E-state index < -0.39 is 0 Å². The molecule has 100 valence electrons. The molecule has 1 unspecified atom stereocenters. The van der Waals surface area contributed by atoms with Crippen LogP contribution in [0.1, 0.15) is 18.9 Å². The molecule has 0 saturated carbocycles. The fourth-order valence-corrected chi connectivity index (χ4v) is 2.28. The molecule has 1 aromatic carbocycles. The first-order valence-corrected chi connectivity index (χ1v) is 6.96. The molecule has 18 heavy (non-hydrogen) atoms. The predicted octanol–water partition coefficient (Wildman–Crippen LogP) is 2.02. The molecule has 1 aromatic rings. The van der Waals surface area contributed by atoms with Gasteiger partial charge in [0.1, 0.15) is 0 Å². The SMILES string of the molecule is Cc1cc(N)ccc1NC(=O)CSC(C)CCO. The highest BCUT2D eigenvalue weighted by molar-refractivity contribution is 8.00. The molecule has 0 bridgehead atoms. The molecule has 0 spiro atoms. The fourth-order valence-electron chi connectivity index (χ4n) is 1.50. The van der Waals surface area contributed by atoms with Crippen molar-refractivity contribution in [3.05, 3.63) is 23.8 Å². The van der Waals surface area contributed by atoms with Gasteiger partial charge in [-0.05, 0) is 37.1 Å². The second kappa shape index (κ2) is 7.28. The Bertz CT molecular complexity index is 410. The van der Waals surface area contributed by atoms with Crippen LogP contribution in [-0.4, -0.2) is 28.6 Å². The number of aliphatic hydroxyl groups is 1. The highest BCUT2D eigenvalue weighted by Crippen LogP contribution is 2.19. The average molecular weight is 268 g/mol. The van der Waals surface area contributed by atoms with Gasteiger partial charge in [-0.2, -0.15) is 0 Å². The summed E-state index contributed by atoms with van der Waals surface area (Å²) in [6, 6.07) is 5.41. The van der Waals surface area contributed by atoms with E-state index in [0.29, 0.717) is 17.9 Å². The largest absolute Gasteiger partial charge is 0.399 e. The Morgan fingerprint density at radius 2 is 2.28 bits per heavy atom. The van der Waals surface area contributed by atoms with Crippen molar-refractivity contribution in [3.63, 3.8) is 0 Å². The van der Waals surface area contributed by atoms with Crippen LogP contribution in [0.4, 0.5) is 11.4 Å². The summed E-state index contributed by atoms with van der Waals surface area (Å²) >= 11 is 1.54. The molecule has 0 radical (unpaired) electrons. The van der Waals surface area contributed by atoms with Crippen molar-refractivity contribution in [2.75, 3.05) is 23.4 Å². The first-order valence-electron chi connectivity index (χ1n) is 5.91. The smallest absolute Gasteiger partial charge is 0.234 e. The number of amides is 1. The van der Waals surface area contributed by atoms with Crippen molar-refractivity contribution in [1.29, 1.82) is 0 Å². The van der Waals surface area contributed by atoms with Crippen LogP contribution in [0.15, 0.2) is 18.2 Å². The first kappa shape index (κ1) is 14.9. The zero-order valence-corrected chi connectivity index (χ0v) is 11.6. The summed E-state index contributed by atoms with van der Waals surface area (Å²) in [6.45, 7) is 4.07. The maximum atomic E-state index is 11.7. The Morgan fingerprint density at radius 3 is 2.89 bits per heavy atom. The van der Waals surface area contributed by atoms with Crippen LogP contribution in [0.25, 0.3) is 0 Å². The lowest BCUT2D eigenvalue weighted by Crippen LogP contribution is -2.16. The van der Waals surface area contributed by atoms with E-state index in [-0.39, 0.29) is 17.8 Å². The molecule has 0 heterocycles. The number of carbonyl (C=O) groups is 1. The molecule has 0 aliphatic rings. The van der Waals surface area contributed by atoms with E-state index >= 15 is 0 Å². The number of aliphatic hydroxyl groups excluding tert-OH is 1. The van der Waals surface area contributed by atoms with Gasteiger partial charge in [-0.15, -0.1) is 11.8 Å². The second-order valence-corrected chi connectivity index (χ2v) is 5.68. The predicted molar refractivity (Wildman–Crippen MR) is 77.8 cm³/mol. The summed E-state index contributed by atoms with van der Waals surface area (Å²) in [5, 5.41) is 11.9. The summed E-state index contributed by atoms with van der Waals surface area (Å²) in [4.78, 5) is 11.7. The molecular formula is C13H20N2O2S. The van der Waals surface area contributed by atoms with Gasteiger partial charge in [0.15, 0.2) is 0 Å². The van der Waals surface area contributed by atoms with Gasteiger partial charge in [0, 0.05) is 23.2 Å². The van der Waals surface area contributed by atoms with E-state index in [4.69, 9.17) is 10.8 Å². The number of nitrogens with two attached hydrogens (primary N) is 1. The summed E-state index contributed by atoms with van der Waals surface area (Å²) in [5.74, 6) is 0.364. The van der Waals surface area contributed by atoms with Crippen molar-refractivity contribution in [2.24, 2.45) is 0 Å². The lowest BCUT2D eigenvalue weighted by molar-refractivity contribution is -0.113. The summed E-state index contributed by atoms with van der Waals surface area (Å²) < 4.78 is 0. The molecular weight excluding hydrogens is 248 g/mol. The maximum Gasteiger partial charge on any atom is 0.234 e. The van der Waals surface area contributed by atoms with Gasteiger partial charge < -0.3 is 16.2 Å². The van der Waals surface area contributed by atoms with E-state index in [1.165, 1.54) is 0 Å². The third-order valence-electron chi connectivity index (χ3n) is 2.56. The molecule has 5 heteroatoms. The first-order chi connectivity index (χ1) is 8.52. The summed E-state index contributed by atoms with van der Waals surface area (Å²) in [6.07, 6.45) is 0.707. The van der Waals surface area contributed by atoms with Crippen LogP contribution < -0.4 is 11.1 Å². The van der Waals surface area contributed by atoms with Gasteiger partial charge in [-0.1, -0.05) is 6.92 Å². The number of nitrogens with one attached hydrogen (secondary N) is 1. The van der Waals surface area contributed by atoms with E-state index in [1.54, 1.807) is 17.8 Å². The number of aryl methyl sites for hydroxylation is 1. The van der Waals surface area contributed by atoms with Crippen molar-refractivity contribution >= 4 is 29.0 Å². The summed E-state index contributed by atoms with van der Waals surface area (Å²) in [5.41, 5.74) is 8.09. The number of anilines is 2. The molecule has 4 N–H and O–H groups in total. The normalized spacial score (nSPS) is 12.2. The Morgan fingerprint density at radius 1 is 1.56 bits per heavy atom. The highest BCUT2D eigenvalue weighted by Gasteiger charge is 2.08. The molecule has 0 fully saturated rings. The number of thioether (sulfide) groups is 1. The van der Waals surface area contributed by atoms with E-state index in [0.717, 1.165) is 11.3 Å². The van der Waals surface area contributed by atoms with Gasteiger partial charge in [0.2, 0.25) is 5.91 Å². The van der Waals surface area contributed by atoms with Crippen molar-refractivity contribution in [2.45, 2.75) is 25.5 Å². The number of benzene rings is 1. The van der Waals surface area contributed by atoms with E-state index in [1.807, 2.05) is 26.0 Å². The molecule has 0 aliphatic heterocycles. The van der Waals surface area contributed by atoms with Crippen LogP contribution in [0.2, 0.25) is 0 Å². The van der Waals surface area contributed by atoms with Gasteiger partial charge in [-0.3, -0.25) is 4.79 Å². The standard InChI is InChI=1S/C13H20N2O2S/c1-9-7-11(14)3-4-12(9)15-13(17)8-18-10(2)5-6-16/h3-4,7,10,16H,5-6,8,14H2,1-2H3,(H,15,17). The van der Waals surface area contributed by atoms with E-state index in [9.17, 15) is 4.79 Å². The van der Waals surface area contributed by atoms with Gasteiger partial charge >= 0.3 is 0 Å². The molecule has 1 rings (SSSR count). The van der Waals surface area contributed by atoms with Crippen LogP contribution >= 0.6 is 11.8 Å². The van der Waals surface area contributed by atoms with Gasteiger partial charge in [-0.25, -0.2) is 0 Å². The minimum absolute atomic E-state index is 0.0299. The topological polar surface area (TPSA) is 75.3 Å². The number of rotatable bonds is 6. The molecule has 0 aliphatic carbocycles. The van der Waals surface area contributed by atoms with Crippen molar-refractivity contribution in [1.82, 2.24) is 0 Å². The zero-order valence-electron chi connectivity index (χ0n) is 10.8. The fraction of sp³-hybridized carbons (Fsp3) is 0.462. The lowest BCUT2D eigenvalue weighted by atomic mass is 10.2. The minimum atomic E-state index is -0.0299. The molecule has 0 saturated heterocycles. The number of hydrogen-bond acceptors (Lipinski definition) is 4. The zero-order chi connectivity index (χ0) is 13.5. The number of hydrogen-bond donors (Lipinski definition) is 3. The third-order valence-corrected chi connectivity index (χ3v) is 3.79. The Kier molecular flexibility index (Phi) is 6.01. The van der Waals surface area contributed by atoms with Crippen molar-refractivity contribution in [3.8, 4) is 0 Å². The quantitative estimate of drug-likeness (QED) is 0.690. The lowest BCUT2D eigenvalue weighted by Gasteiger charge is -2.11. The molecule has 0 aromatic heterocycles. The summed E-state index contributed by atoms with van der Waals surface area (Å²) in [7, 11) is 0. The van der Waals surface area contributed by atoms with Crippen molar-refractivity contribution < 1.29 is 9.90 Å². The van der Waals surface area contributed by atoms with Gasteiger partial charge in [0.05, 0.1) is 5.75 Å². The monoisotopic (exact) mass is 268 g/mol. The third kappa shape index (κ3) is 4.98. The Labute approximate surface area is 112 Å². The van der Waals surface area contributed by atoms with Crippen LogP contribution in [-0.2, 0) is 4.79 Å². The minimum Gasteiger partial charge on any atom is -0.399 e.